The van der Waals surface area contributed by atoms with Crippen molar-refractivity contribution in [3.05, 3.63) is 12.2 Å². The molecule has 0 bridgehead atoms. The van der Waals surface area contributed by atoms with Crippen LogP contribution in [0.4, 0.5) is 0 Å². The molecule has 1 heteroatoms. The molecule has 11 heavy (non-hydrogen) atoms. The maximum absolute atomic E-state index is 3.94. The zero-order valence-electron chi connectivity index (χ0n) is 8.28. The van der Waals surface area contributed by atoms with Crippen LogP contribution >= 0.6 is 0 Å². The lowest BCUT2D eigenvalue weighted by Crippen LogP contribution is -2.32. The van der Waals surface area contributed by atoms with Gasteiger partial charge in [0.05, 0.1) is 0 Å². The minimum absolute atomic E-state index is 0.596. The lowest BCUT2D eigenvalue weighted by Gasteiger charge is -2.17. The van der Waals surface area contributed by atoms with Crippen LogP contribution in [0.15, 0.2) is 12.2 Å². The van der Waals surface area contributed by atoms with Crippen LogP contribution in [0.3, 0.4) is 0 Å². The van der Waals surface area contributed by atoms with E-state index in [2.05, 4.69) is 39.6 Å². The van der Waals surface area contributed by atoms with Crippen molar-refractivity contribution in [1.82, 2.24) is 5.32 Å². The molecule has 0 heterocycles. The summed E-state index contributed by atoms with van der Waals surface area (Å²) in [7, 11) is 0. The summed E-state index contributed by atoms with van der Waals surface area (Å²) in [6, 6.07) is 0.596. The van der Waals surface area contributed by atoms with Gasteiger partial charge in [0.25, 0.3) is 0 Å². The van der Waals surface area contributed by atoms with E-state index in [0.29, 0.717) is 12.0 Å². The van der Waals surface area contributed by atoms with Crippen LogP contribution in [0.25, 0.3) is 0 Å². The van der Waals surface area contributed by atoms with Gasteiger partial charge in [-0.3, -0.25) is 0 Å². The first-order valence-corrected chi connectivity index (χ1v) is 4.48. The normalized spacial score (nSPS) is 13.5. The largest absolute Gasteiger partial charge is 0.310 e. The summed E-state index contributed by atoms with van der Waals surface area (Å²) in [4.78, 5) is 0. The van der Waals surface area contributed by atoms with Crippen molar-refractivity contribution in [1.29, 1.82) is 0 Å². The smallest absolute Gasteiger partial charge is 0.0164 e. The zero-order chi connectivity index (χ0) is 8.85. The Kier molecular flexibility index (Phi) is 5.22. The first-order valence-electron chi connectivity index (χ1n) is 4.48. The fourth-order valence-corrected chi connectivity index (χ4v) is 0.666. The van der Waals surface area contributed by atoms with Crippen LogP contribution in [-0.4, -0.2) is 12.6 Å². The van der Waals surface area contributed by atoms with Crippen molar-refractivity contribution in [2.24, 2.45) is 5.92 Å². The second-order valence-corrected chi connectivity index (χ2v) is 3.52. The molecule has 1 N–H and O–H groups in total. The highest BCUT2D eigenvalue weighted by atomic mass is 14.9. The Morgan fingerprint density at radius 1 is 1.36 bits per heavy atom. The lowest BCUT2D eigenvalue weighted by atomic mass is 10.1. The third-order valence-electron chi connectivity index (χ3n) is 2.17. The molecule has 0 fully saturated rings. The molecular formula is C10H21N. The van der Waals surface area contributed by atoms with Crippen LogP contribution in [0.2, 0.25) is 0 Å². The van der Waals surface area contributed by atoms with Crippen LogP contribution < -0.4 is 5.32 Å². The number of hydrogen-bond acceptors (Lipinski definition) is 1. The van der Waals surface area contributed by atoms with E-state index < -0.39 is 0 Å². The molecule has 0 rings (SSSR count). The highest BCUT2D eigenvalue weighted by Crippen LogP contribution is 2.01. The predicted octanol–water partition coefficient (Wildman–Crippen LogP) is 2.59. The van der Waals surface area contributed by atoms with E-state index in [0.717, 1.165) is 13.0 Å². The maximum atomic E-state index is 3.94. The van der Waals surface area contributed by atoms with Gasteiger partial charge in [-0.15, -0.1) is 0 Å². The SMILES string of the molecule is C=C(CC)CNC(C)C(C)C. The van der Waals surface area contributed by atoms with E-state index in [1.54, 1.807) is 0 Å². The molecule has 66 valence electrons. The summed E-state index contributed by atoms with van der Waals surface area (Å²) in [5.41, 5.74) is 1.29. The molecule has 0 aromatic heterocycles. The molecule has 1 unspecified atom stereocenters. The van der Waals surface area contributed by atoms with Crippen molar-refractivity contribution >= 4 is 0 Å². The van der Waals surface area contributed by atoms with Crippen LogP contribution in [0.5, 0.6) is 0 Å². The Morgan fingerprint density at radius 2 is 1.91 bits per heavy atom. The molecule has 1 atom stereocenters. The molecule has 0 aliphatic carbocycles. The molecular weight excluding hydrogens is 134 g/mol. The van der Waals surface area contributed by atoms with Gasteiger partial charge < -0.3 is 5.32 Å². The number of rotatable bonds is 5. The Hall–Kier alpha value is -0.300. The highest BCUT2D eigenvalue weighted by molar-refractivity contribution is 4.95. The van der Waals surface area contributed by atoms with Crippen molar-refractivity contribution in [2.45, 2.75) is 40.2 Å². The highest BCUT2D eigenvalue weighted by Gasteiger charge is 2.04. The van der Waals surface area contributed by atoms with Gasteiger partial charge in [-0.25, -0.2) is 0 Å². The molecule has 1 nitrogen and oxygen atoms in total. The second-order valence-electron chi connectivity index (χ2n) is 3.52. The molecule has 0 saturated heterocycles. The van der Waals surface area contributed by atoms with E-state index in [9.17, 15) is 0 Å². The van der Waals surface area contributed by atoms with Gasteiger partial charge in [0, 0.05) is 12.6 Å². The van der Waals surface area contributed by atoms with E-state index in [-0.39, 0.29) is 0 Å². The van der Waals surface area contributed by atoms with Crippen LogP contribution in [-0.2, 0) is 0 Å². The Labute approximate surface area is 70.9 Å². The van der Waals surface area contributed by atoms with Crippen LogP contribution in [0.1, 0.15) is 34.1 Å². The maximum Gasteiger partial charge on any atom is 0.0164 e. The molecule has 0 saturated carbocycles. The van der Waals surface area contributed by atoms with Crippen molar-refractivity contribution in [3.63, 3.8) is 0 Å². The van der Waals surface area contributed by atoms with Gasteiger partial charge in [0.1, 0.15) is 0 Å². The van der Waals surface area contributed by atoms with Gasteiger partial charge in [-0.05, 0) is 19.3 Å². The van der Waals surface area contributed by atoms with Gasteiger partial charge >= 0.3 is 0 Å². The topological polar surface area (TPSA) is 12.0 Å². The molecule has 0 aromatic rings. The average molecular weight is 155 g/mol. The summed E-state index contributed by atoms with van der Waals surface area (Å²) < 4.78 is 0. The van der Waals surface area contributed by atoms with E-state index in [4.69, 9.17) is 0 Å². The summed E-state index contributed by atoms with van der Waals surface area (Å²) in [6.07, 6.45) is 1.08. The minimum Gasteiger partial charge on any atom is -0.310 e. The summed E-state index contributed by atoms with van der Waals surface area (Å²) in [5, 5.41) is 3.43. The Bertz CT molecular complexity index is 116. The minimum atomic E-state index is 0.596. The van der Waals surface area contributed by atoms with Crippen LogP contribution in [0, 0.1) is 5.92 Å². The van der Waals surface area contributed by atoms with Gasteiger partial charge in [0.15, 0.2) is 0 Å². The first kappa shape index (κ1) is 10.7. The Morgan fingerprint density at radius 3 is 2.27 bits per heavy atom. The quantitative estimate of drug-likeness (QED) is 0.602. The van der Waals surface area contributed by atoms with Crippen molar-refractivity contribution < 1.29 is 0 Å². The van der Waals surface area contributed by atoms with Gasteiger partial charge in [0.2, 0.25) is 0 Å². The van der Waals surface area contributed by atoms with Crippen molar-refractivity contribution in [2.75, 3.05) is 6.54 Å². The molecule has 0 aliphatic rings. The molecule has 0 radical (unpaired) electrons. The Balaban J connectivity index is 3.45. The molecule has 0 aromatic carbocycles. The predicted molar refractivity (Wildman–Crippen MR) is 51.7 cm³/mol. The monoisotopic (exact) mass is 155 g/mol. The fraction of sp³-hybridized carbons (Fsp3) is 0.800. The standard InChI is InChI=1S/C10H21N/c1-6-9(4)7-11-10(5)8(2)3/h8,10-11H,4,6-7H2,1-3,5H3. The summed E-state index contributed by atoms with van der Waals surface area (Å²) >= 11 is 0. The number of hydrogen-bond donors (Lipinski definition) is 1. The second kappa shape index (κ2) is 5.36. The van der Waals surface area contributed by atoms with E-state index >= 15 is 0 Å². The molecule has 0 aliphatic heterocycles. The fourth-order valence-electron chi connectivity index (χ4n) is 0.666. The zero-order valence-corrected chi connectivity index (χ0v) is 8.28. The number of nitrogens with one attached hydrogen (secondary N) is 1. The van der Waals surface area contributed by atoms with Crippen molar-refractivity contribution in [3.8, 4) is 0 Å². The van der Waals surface area contributed by atoms with Gasteiger partial charge in [-0.1, -0.05) is 32.9 Å². The van der Waals surface area contributed by atoms with E-state index in [1.165, 1.54) is 5.57 Å². The molecule has 0 spiro atoms. The third-order valence-corrected chi connectivity index (χ3v) is 2.17. The average Bonchev–Trinajstić information content (AvgIpc) is 1.99. The van der Waals surface area contributed by atoms with Gasteiger partial charge in [-0.2, -0.15) is 0 Å². The lowest BCUT2D eigenvalue weighted by molar-refractivity contribution is 0.440. The van der Waals surface area contributed by atoms with E-state index in [1.807, 2.05) is 0 Å². The molecule has 0 amide bonds. The summed E-state index contributed by atoms with van der Waals surface area (Å²) in [5.74, 6) is 0.708. The first-order chi connectivity index (χ1) is 5.07. The summed E-state index contributed by atoms with van der Waals surface area (Å²) in [6.45, 7) is 13.7. The third kappa shape index (κ3) is 5.02.